The van der Waals surface area contributed by atoms with Gasteiger partial charge in [0.05, 0.1) is 37.6 Å². The number of rotatable bonds is 6. The summed E-state index contributed by atoms with van der Waals surface area (Å²) in [6.45, 7) is 0. The van der Waals surface area contributed by atoms with E-state index < -0.39 is 29.2 Å². The number of benzene rings is 1. The number of ether oxygens (including phenoxy) is 2. The zero-order valence-electron chi connectivity index (χ0n) is 17.2. The number of aromatic hydroxyl groups is 1. The van der Waals surface area contributed by atoms with Gasteiger partial charge in [-0.1, -0.05) is 30.3 Å². The molecule has 9 nitrogen and oxygen atoms in total. The molecule has 2 N–H and O–H groups in total. The Labute approximate surface area is 185 Å². The molecule has 0 fully saturated rings. The quantitative estimate of drug-likeness (QED) is 0.430. The molecule has 0 spiro atoms. The van der Waals surface area contributed by atoms with Crippen LogP contribution in [0.3, 0.4) is 0 Å². The van der Waals surface area contributed by atoms with Gasteiger partial charge in [-0.2, -0.15) is 0 Å². The summed E-state index contributed by atoms with van der Waals surface area (Å²) >= 11 is 1.39. The van der Waals surface area contributed by atoms with E-state index in [0.29, 0.717) is 16.3 Å². The minimum atomic E-state index is -0.962. The molecule has 1 atom stereocenters. The number of pyridine rings is 1. The van der Waals surface area contributed by atoms with Gasteiger partial charge in [-0.05, 0) is 0 Å². The lowest BCUT2D eigenvalue weighted by Crippen LogP contribution is -2.23. The molecule has 0 aliphatic carbocycles. The number of hydrogen-bond acceptors (Lipinski definition) is 8. The third-order valence-corrected chi connectivity index (χ3v) is 5.89. The lowest BCUT2D eigenvalue weighted by Gasteiger charge is -2.19. The first-order valence-electron chi connectivity index (χ1n) is 9.56. The van der Waals surface area contributed by atoms with Crippen molar-refractivity contribution in [2.45, 2.75) is 12.3 Å². The lowest BCUT2D eigenvalue weighted by atomic mass is 9.89. The van der Waals surface area contributed by atoms with Crippen LogP contribution in [0.5, 0.6) is 5.75 Å². The molecule has 0 radical (unpaired) electrons. The van der Waals surface area contributed by atoms with Gasteiger partial charge in [-0.25, -0.2) is 9.78 Å². The molecule has 4 aromatic rings. The monoisotopic (exact) mass is 453 g/mol. The van der Waals surface area contributed by atoms with E-state index in [9.17, 15) is 19.5 Å². The molecule has 1 aromatic carbocycles. The molecule has 32 heavy (non-hydrogen) atoms. The molecule has 0 aliphatic heterocycles. The molecular weight excluding hydrogens is 434 g/mol. The molecule has 164 valence electrons. The number of H-pyrrole nitrogens is 1. The molecular formula is C22H19N3O6S. The number of carbonyl (C=O) groups excluding carboxylic acids is 2. The van der Waals surface area contributed by atoms with Crippen molar-refractivity contribution in [1.29, 1.82) is 0 Å². The molecule has 3 aromatic heterocycles. The summed E-state index contributed by atoms with van der Waals surface area (Å²) in [5.74, 6) is -2.94. The maximum Gasteiger partial charge on any atom is 0.343 e. The molecule has 3 heterocycles. The third-order valence-electron chi connectivity index (χ3n) is 5.13. The molecule has 0 saturated carbocycles. The number of nitrogens with one attached hydrogen (secondary N) is 1. The zero-order chi connectivity index (χ0) is 22.8. The van der Waals surface area contributed by atoms with Crippen molar-refractivity contribution < 1.29 is 24.2 Å². The van der Waals surface area contributed by atoms with Crippen LogP contribution in [0, 0.1) is 0 Å². The standard InChI is InChI=1S/C22H19N3O6S/c1-30-15(26)10-13(16-19(27)14(21(29)31-2)11-23-20(16)28)18-17(12-6-4-3-5-7-12)24-22-25(18)8-9-32-22/h3-9,11,13H,10H2,1-2H3,(H2,23,27,28)/t13-/m0/s1. The number of nitrogens with zero attached hydrogens (tertiary/aromatic N) is 2. The van der Waals surface area contributed by atoms with Crippen molar-refractivity contribution in [3.8, 4) is 17.0 Å². The fraction of sp³-hybridized carbons (Fsp3) is 0.182. The minimum Gasteiger partial charge on any atom is -0.506 e. The fourth-order valence-electron chi connectivity index (χ4n) is 3.66. The summed E-state index contributed by atoms with van der Waals surface area (Å²) in [6.07, 6.45) is 2.59. The maximum absolute atomic E-state index is 12.9. The average Bonchev–Trinajstić information content (AvgIpc) is 3.40. The Bertz CT molecular complexity index is 1360. The van der Waals surface area contributed by atoms with Crippen molar-refractivity contribution >= 4 is 28.2 Å². The average molecular weight is 453 g/mol. The SMILES string of the molecule is COC(=O)C[C@@H](c1c(O)c(C(=O)OC)c[nH]c1=O)c1c(-c2ccccc2)nc2sccn12. The van der Waals surface area contributed by atoms with Crippen molar-refractivity contribution in [3.63, 3.8) is 0 Å². The number of carbonyl (C=O) groups is 2. The Balaban J connectivity index is 2.03. The van der Waals surface area contributed by atoms with E-state index in [4.69, 9.17) is 14.5 Å². The molecule has 0 saturated heterocycles. The normalized spacial score (nSPS) is 11.9. The molecule has 0 amide bonds. The number of esters is 2. The molecule has 10 heteroatoms. The van der Waals surface area contributed by atoms with Gasteiger partial charge in [0, 0.05) is 29.3 Å². The predicted molar refractivity (Wildman–Crippen MR) is 117 cm³/mol. The van der Waals surface area contributed by atoms with Gasteiger partial charge in [-0.15, -0.1) is 11.3 Å². The number of imidazole rings is 1. The van der Waals surface area contributed by atoms with Gasteiger partial charge in [0.25, 0.3) is 5.56 Å². The summed E-state index contributed by atoms with van der Waals surface area (Å²) in [6, 6.07) is 9.29. The van der Waals surface area contributed by atoms with Crippen LogP contribution in [0.25, 0.3) is 16.2 Å². The summed E-state index contributed by atoms with van der Waals surface area (Å²) in [7, 11) is 2.40. The van der Waals surface area contributed by atoms with E-state index >= 15 is 0 Å². The number of thiazole rings is 1. The van der Waals surface area contributed by atoms with Crippen LogP contribution in [-0.2, 0) is 14.3 Å². The van der Waals surface area contributed by atoms with Crippen molar-refractivity contribution in [2.24, 2.45) is 0 Å². The fourth-order valence-corrected chi connectivity index (χ4v) is 4.38. The Kier molecular flexibility index (Phi) is 5.78. The van der Waals surface area contributed by atoms with Gasteiger partial charge < -0.3 is 19.6 Å². The highest BCUT2D eigenvalue weighted by molar-refractivity contribution is 7.15. The van der Waals surface area contributed by atoms with Crippen molar-refractivity contribution in [2.75, 3.05) is 14.2 Å². The minimum absolute atomic E-state index is 0.150. The number of hydrogen-bond donors (Lipinski definition) is 2. The smallest absolute Gasteiger partial charge is 0.343 e. The molecule has 0 unspecified atom stereocenters. The van der Waals surface area contributed by atoms with Crippen LogP contribution in [0.2, 0.25) is 0 Å². The Morgan fingerprint density at radius 1 is 1.22 bits per heavy atom. The zero-order valence-corrected chi connectivity index (χ0v) is 18.0. The largest absolute Gasteiger partial charge is 0.506 e. The number of aromatic nitrogens is 3. The van der Waals surface area contributed by atoms with Crippen LogP contribution < -0.4 is 5.56 Å². The number of methoxy groups -OCH3 is 2. The summed E-state index contributed by atoms with van der Waals surface area (Å²) < 4.78 is 11.3. The molecule has 0 bridgehead atoms. The van der Waals surface area contributed by atoms with Crippen LogP contribution in [0.1, 0.15) is 34.0 Å². The second-order valence-electron chi connectivity index (χ2n) is 6.89. The van der Waals surface area contributed by atoms with Crippen molar-refractivity contribution in [1.82, 2.24) is 14.4 Å². The second-order valence-corrected chi connectivity index (χ2v) is 7.76. The first-order valence-corrected chi connectivity index (χ1v) is 10.4. The van der Waals surface area contributed by atoms with Crippen LogP contribution in [0.4, 0.5) is 0 Å². The van der Waals surface area contributed by atoms with Gasteiger partial charge in [0.2, 0.25) is 0 Å². The summed E-state index contributed by atoms with van der Waals surface area (Å²) in [4.78, 5) is 45.2. The first-order chi connectivity index (χ1) is 15.5. The predicted octanol–water partition coefficient (Wildman–Crippen LogP) is 2.94. The van der Waals surface area contributed by atoms with Crippen LogP contribution in [-0.4, -0.2) is 45.6 Å². The van der Waals surface area contributed by atoms with E-state index in [-0.39, 0.29) is 17.5 Å². The van der Waals surface area contributed by atoms with E-state index in [2.05, 4.69) is 4.98 Å². The highest BCUT2D eigenvalue weighted by Crippen LogP contribution is 2.39. The molecule has 4 rings (SSSR count). The van der Waals surface area contributed by atoms with E-state index in [1.165, 1.54) is 18.4 Å². The Morgan fingerprint density at radius 3 is 2.66 bits per heavy atom. The number of fused-ring (bicyclic) bond motifs is 1. The highest BCUT2D eigenvalue weighted by atomic mass is 32.1. The summed E-state index contributed by atoms with van der Waals surface area (Å²) in [5.41, 5.74) is 0.823. The Morgan fingerprint density at radius 2 is 1.97 bits per heavy atom. The highest BCUT2D eigenvalue weighted by Gasteiger charge is 2.33. The van der Waals surface area contributed by atoms with E-state index in [0.717, 1.165) is 18.9 Å². The van der Waals surface area contributed by atoms with Crippen molar-refractivity contribution in [3.05, 3.63) is 75.3 Å². The molecule has 0 aliphatic rings. The second kappa shape index (κ2) is 8.67. The summed E-state index contributed by atoms with van der Waals surface area (Å²) in [5, 5.41) is 12.7. The third kappa shape index (κ3) is 3.65. The van der Waals surface area contributed by atoms with Crippen LogP contribution >= 0.6 is 11.3 Å². The van der Waals surface area contributed by atoms with Gasteiger partial charge in [-0.3, -0.25) is 14.0 Å². The van der Waals surface area contributed by atoms with Crippen LogP contribution in [0.15, 0.2) is 52.9 Å². The lowest BCUT2D eigenvalue weighted by molar-refractivity contribution is -0.140. The number of aromatic amines is 1. The Hall–Kier alpha value is -3.92. The topological polar surface area (TPSA) is 123 Å². The van der Waals surface area contributed by atoms with E-state index in [1.807, 2.05) is 35.7 Å². The van der Waals surface area contributed by atoms with E-state index in [1.54, 1.807) is 10.6 Å². The van der Waals surface area contributed by atoms with Gasteiger partial charge >= 0.3 is 11.9 Å². The van der Waals surface area contributed by atoms with Gasteiger partial charge in [0.1, 0.15) is 11.3 Å². The van der Waals surface area contributed by atoms with Gasteiger partial charge in [0.15, 0.2) is 4.96 Å². The first kappa shape index (κ1) is 21.3. The maximum atomic E-state index is 12.9.